The van der Waals surface area contributed by atoms with Crippen molar-refractivity contribution in [3.05, 3.63) is 29.6 Å². The van der Waals surface area contributed by atoms with Gasteiger partial charge in [0.15, 0.2) is 9.84 Å². The van der Waals surface area contributed by atoms with Crippen molar-refractivity contribution in [1.82, 2.24) is 0 Å². The lowest BCUT2D eigenvalue weighted by Crippen LogP contribution is -2.06. The van der Waals surface area contributed by atoms with Crippen LogP contribution in [0.3, 0.4) is 0 Å². The van der Waals surface area contributed by atoms with Gasteiger partial charge in [-0.05, 0) is 17.5 Å². The molecule has 0 aliphatic rings. The van der Waals surface area contributed by atoms with Gasteiger partial charge in [0.1, 0.15) is 10.7 Å². The first-order valence-corrected chi connectivity index (χ1v) is 7.21. The Labute approximate surface area is 97.4 Å². The van der Waals surface area contributed by atoms with E-state index in [9.17, 15) is 12.8 Å². The van der Waals surface area contributed by atoms with Crippen LogP contribution in [0.2, 0.25) is 0 Å². The van der Waals surface area contributed by atoms with E-state index in [0.29, 0.717) is 5.56 Å². The van der Waals surface area contributed by atoms with Gasteiger partial charge in [-0.2, -0.15) is 0 Å². The van der Waals surface area contributed by atoms with Gasteiger partial charge in [0.25, 0.3) is 0 Å². The van der Waals surface area contributed by atoms with Crippen molar-refractivity contribution in [2.24, 2.45) is 0 Å². The van der Waals surface area contributed by atoms with Crippen LogP contribution >= 0.6 is 0 Å². The summed E-state index contributed by atoms with van der Waals surface area (Å²) in [6.07, 6.45) is 1.03. The molecule has 0 aliphatic heterocycles. The molecule has 0 N–H and O–H groups in total. The Morgan fingerprint density at radius 2 is 1.69 bits per heavy atom. The summed E-state index contributed by atoms with van der Waals surface area (Å²) in [5.74, 6) is -0.672. The molecule has 0 saturated heterocycles. The molecular formula is C12H19FO2S. The van der Waals surface area contributed by atoms with Crippen LogP contribution in [0.5, 0.6) is 0 Å². The first-order valence-electron chi connectivity index (χ1n) is 5.32. The summed E-state index contributed by atoms with van der Waals surface area (Å²) >= 11 is 0. The Morgan fingerprint density at radius 3 is 2.00 bits per heavy atom. The van der Waals surface area contributed by atoms with Gasteiger partial charge in [-0.1, -0.05) is 39.8 Å². The van der Waals surface area contributed by atoms with Crippen molar-refractivity contribution in [3.8, 4) is 0 Å². The Morgan fingerprint density at radius 1 is 1.19 bits per heavy atom. The van der Waals surface area contributed by atoms with E-state index >= 15 is 0 Å². The van der Waals surface area contributed by atoms with Gasteiger partial charge in [-0.3, -0.25) is 0 Å². The Hall–Kier alpha value is -0.900. The molecule has 0 bridgehead atoms. The van der Waals surface area contributed by atoms with E-state index in [1.807, 2.05) is 27.7 Å². The van der Waals surface area contributed by atoms with E-state index in [1.165, 1.54) is 12.1 Å². The minimum Gasteiger partial charge on any atom is -0.224 e. The van der Waals surface area contributed by atoms with E-state index in [1.54, 1.807) is 6.07 Å². The average Bonchev–Trinajstić information content (AvgIpc) is 2.18. The van der Waals surface area contributed by atoms with Crippen molar-refractivity contribution in [2.45, 2.75) is 38.5 Å². The summed E-state index contributed by atoms with van der Waals surface area (Å²) in [7, 11) is -3.48. The molecule has 1 rings (SSSR count). The Bertz CT molecular complexity index is 436. The quantitative estimate of drug-likeness (QED) is 0.801. The van der Waals surface area contributed by atoms with Gasteiger partial charge in [-0.25, -0.2) is 12.8 Å². The Balaban J connectivity index is 0.00000106. The van der Waals surface area contributed by atoms with Crippen LogP contribution in [0.1, 0.15) is 39.2 Å². The van der Waals surface area contributed by atoms with Crippen molar-refractivity contribution >= 4 is 9.84 Å². The maximum atomic E-state index is 13.3. The van der Waals surface area contributed by atoms with Crippen LogP contribution in [-0.4, -0.2) is 14.7 Å². The predicted molar refractivity (Wildman–Crippen MR) is 64.9 cm³/mol. The smallest absolute Gasteiger partial charge is 0.178 e. The number of hydrogen-bond acceptors (Lipinski definition) is 2. The number of sulfone groups is 1. The molecule has 0 aliphatic carbocycles. The molecule has 0 radical (unpaired) electrons. The number of rotatable bonds is 2. The van der Waals surface area contributed by atoms with E-state index in [2.05, 4.69) is 0 Å². The van der Waals surface area contributed by atoms with Crippen LogP contribution in [0, 0.1) is 5.82 Å². The standard InChI is InChI=1S/C10H13FO2S.C2H6/c1-7(2)8-5-4-6-9(11)10(8)14(3,12)13;1-2/h4-7H,1-3H3;1-2H3. The first kappa shape index (κ1) is 15.1. The molecular weight excluding hydrogens is 227 g/mol. The summed E-state index contributed by atoms with van der Waals surface area (Å²) in [5, 5.41) is 0. The van der Waals surface area contributed by atoms with Gasteiger partial charge in [0.2, 0.25) is 0 Å². The van der Waals surface area contributed by atoms with Crippen LogP contribution in [-0.2, 0) is 9.84 Å². The zero-order chi connectivity index (χ0) is 12.9. The van der Waals surface area contributed by atoms with Gasteiger partial charge < -0.3 is 0 Å². The molecule has 0 saturated carbocycles. The van der Waals surface area contributed by atoms with Gasteiger partial charge >= 0.3 is 0 Å². The van der Waals surface area contributed by atoms with Crippen molar-refractivity contribution in [1.29, 1.82) is 0 Å². The fraction of sp³-hybridized carbons (Fsp3) is 0.500. The first-order chi connectivity index (χ1) is 7.34. The molecule has 0 fully saturated rings. The second kappa shape index (κ2) is 5.99. The third-order valence-corrected chi connectivity index (χ3v) is 3.16. The largest absolute Gasteiger partial charge is 0.224 e. The lowest BCUT2D eigenvalue weighted by molar-refractivity contribution is 0.563. The molecule has 0 spiro atoms. The van der Waals surface area contributed by atoms with Crippen LogP contribution in [0.15, 0.2) is 23.1 Å². The van der Waals surface area contributed by atoms with Crippen LogP contribution < -0.4 is 0 Å². The maximum absolute atomic E-state index is 13.3. The molecule has 16 heavy (non-hydrogen) atoms. The van der Waals surface area contributed by atoms with Crippen LogP contribution in [0.4, 0.5) is 4.39 Å². The topological polar surface area (TPSA) is 34.1 Å². The maximum Gasteiger partial charge on any atom is 0.178 e. The Kier molecular flexibility index (Phi) is 5.65. The molecule has 0 amide bonds. The predicted octanol–water partition coefficient (Wildman–Crippen LogP) is 3.38. The molecule has 0 aromatic heterocycles. The lowest BCUT2D eigenvalue weighted by Gasteiger charge is -2.11. The summed E-state index contributed by atoms with van der Waals surface area (Å²) in [6, 6.07) is 4.34. The average molecular weight is 246 g/mol. The molecule has 0 atom stereocenters. The van der Waals surface area contributed by atoms with E-state index < -0.39 is 15.7 Å². The summed E-state index contributed by atoms with van der Waals surface area (Å²) in [6.45, 7) is 7.67. The molecule has 1 aromatic rings. The second-order valence-corrected chi connectivity index (χ2v) is 5.54. The SMILES string of the molecule is CC.CC(C)c1cccc(F)c1S(C)(=O)=O. The zero-order valence-corrected chi connectivity index (χ0v) is 11.2. The molecule has 4 heteroatoms. The molecule has 1 aromatic carbocycles. The van der Waals surface area contributed by atoms with Crippen molar-refractivity contribution in [2.75, 3.05) is 6.26 Å². The minimum atomic E-state index is -3.48. The number of halogens is 1. The zero-order valence-electron chi connectivity index (χ0n) is 10.4. The van der Waals surface area contributed by atoms with Gasteiger partial charge in [-0.15, -0.1) is 0 Å². The van der Waals surface area contributed by atoms with Crippen LogP contribution in [0.25, 0.3) is 0 Å². The highest BCUT2D eigenvalue weighted by Gasteiger charge is 2.19. The van der Waals surface area contributed by atoms with Gasteiger partial charge in [0, 0.05) is 6.26 Å². The molecule has 92 valence electrons. The fourth-order valence-corrected chi connectivity index (χ4v) is 2.53. The summed E-state index contributed by atoms with van der Waals surface area (Å²) < 4.78 is 36.0. The fourth-order valence-electron chi connectivity index (χ4n) is 1.37. The highest BCUT2D eigenvalue weighted by atomic mass is 32.2. The number of hydrogen-bond donors (Lipinski definition) is 0. The molecule has 2 nitrogen and oxygen atoms in total. The summed E-state index contributed by atoms with van der Waals surface area (Å²) in [4.78, 5) is -0.171. The number of benzene rings is 1. The minimum absolute atomic E-state index is 0.00424. The second-order valence-electron chi connectivity index (χ2n) is 3.59. The van der Waals surface area contributed by atoms with E-state index in [-0.39, 0.29) is 10.8 Å². The molecule has 0 heterocycles. The van der Waals surface area contributed by atoms with E-state index in [4.69, 9.17) is 0 Å². The molecule has 0 unspecified atom stereocenters. The third-order valence-electron chi connectivity index (χ3n) is 1.99. The van der Waals surface area contributed by atoms with Crippen molar-refractivity contribution in [3.63, 3.8) is 0 Å². The third kappa shape index (κ3) is 3.59. The lowest BCUT2D eigenvalue weighted by atomic mass is 10.0. The highest BCUT2D eigenvalue weighted by Crippen LogP contribution is 2.25. The van der Waals surface area contributed by atoms with Crippen molar-refractivity contribution < 1.29 is 12.8 Å². The van der Waals surface area contributed by atoms with E-state index in [0.717, 1.165) is 6.26 Å². The summed E-state index contributed by atoms with van der Waals surface area (Å²) in [5.41, 5.74) is 0.535. The van der Waals surface area contributed by atoms with Gasteiger partial charge in [0.05, 0.1) is 0 Å². The normalized spacial score (nSPS) is 10.9. The highest BCUT2D eigenvalue weighted by molar-refractivity contribution is 7.90. The monoisotopic (exact) mass is 246 g/mol.